The summed E-state index contributed by atoms with van der Waals surface area (Å²) in [5.41, 5.74) is 6.65. The first kappa shape index (κ1) is 18.3. The standard InChI is InChI=1S/C17H15N5O4/c1-26-16-8-14(22(24)25)6-7-15(16)21-17(23)11(9-18)10-20-13-4-2-12(19)3-5-13/h2-8,10,20H,19H2,1H3,(H,21,23)/b11-10-. The van der Waals surface area contributed by atoms with E-state index in [0.717, 1.165) is 0 Å². The maximum atomic E-state index is 12.3. The first-order valence-electron chi connectivity index (χ1n) is 7.30. The van der Waals surface area contributed by atoms with E-state index in [0.29, 0.717) is 11.4 Å². The normalized spacial score (nSPS) is 10.5. The fourth-order valence-corrected chi connectivity index (χ4v) is 1.97. The van der Waals surface area contributed by atoms with Crippen molar-refractivity contribution in [2.45, 2.75) is 0 Å². The first-order valence-corrected chi connectivity index (χ1v) is 7.30. The average molecular weight is 353 g/mol. The van der Waals surface area contributed by atoms with Gasteiger partial charge in [-0.05, 0) is 30.3 Å². The van der Waals surface area contributed by atoms with Gasteiger partial charge in [-0.2, -0.15) is 5.26 Å². The molecule has 0 aliphatic heterocycles. The molecule has 132 valence electrons. The summed E-state index contributed by atoms with van der Waals surface area (Å²) < 4.78 is 5.04. The number of hydrogen-bond donors (Lipinski definition) is 3. The highest BCUT2D eigenvalue weighted by atomic mass is 16.6. The van der Waals surface area contributed by atoms with Crippen LogP contribution in [0.25, 0.3) is 0 Å². The van der Waals surface area contributed by atoms with Crippen LogP contribution in [0.5, 0.6) is 5.75 Å². The Morgan fingerprint density at radius 3 is 2.58 bits per heavy atom. The van der Waals surface area contributed by atoms with E-state index in [1.165, 1.54) is 31.5 Å². The zero-order valence-electron chi connectivity index (χ0n) is 13.7. The molecule has 0 aliphatic carbocycles. The number of benzene rings is 2. The Hall–Kier alpha value is -4.06. The molecule has 0 saturated carbocycles. The highest BCUT2D eigenvalue weighted by molar-refractivity contribution is 6.07. The summed E-state index contributed by atoms with van der Waals surface area (Å²) in [5.74, 6) is -0.584. The molecule has 1 amide bonds. The van der Waals surface area contributed by atoms with E-state index in [9.17, 15) is 20.2 Å². The van der Waals surface area contributed by atoms with Crippen molar-refractivity contribution in [3.63, 3.8) is 0 Å². The molecule has 0 aromatic heterocycles. The predicted octanol–water partition coefficient (Wildman–Crippen LogP) is 2.64. The third kappa shape index (κ3) is 4.48. The fraction of sp³-hybridized carbons (Fsp3) is 0.0588. The van der Waals surface area contributed by atoms with Crippen LogP contribution in [0.4, 0.5) is 22.7 Å². The van der Waals surface area contributed by atoms with E-state index < -0.39 is 10.8 Å². The summed E-state index contributed by atoms with van der Waals surface area (Å²) in [5, 5.41) is 25.3. The maximum Gasteiger partial charge on any atom is 0.273 e. The number of nitrogens with zero attached hydrogens (tertiary/aromatic N) is 2. The second kappa shape index (κ2) is 8.16. The number of hydrogen-bond acceptors (Lipinski definition) is 7. The van der Waals surface area contributed by atoms with Crippen LogP contribution in [-0.2, 0) is 4.79 Å². The fourth-order valence-electron chi connectivity index (χ4n) is 1.97. The zero-order valence-corrected chi connectivity index (χ0v) is 13.7. The number of ether oxygens (including phenoxy) is 1. The number of carbonyl (C=O) groups is 1. The minimum atomic E-state index is -0.692. The molecular formula is C17H15N5O4. The third-order valence-corrected chi connectivity index (χ3v) is 3.30. The van der Waals surface area contributed by atoms with E-state index in [4.69, 9.17) is 10.5 Å². The Kier molecular flexibility index (Phi) is 5.74. The molecule has 0 fully saturated rings. The lowest BCUT2D eigenvalue weighted by Crippen LogP contribution is -2.15. The molecule has 0 bridgehead atoms. The number of non-ortho nitro benzene ring substituents is 1. The molecule has 0 radical (unpaired) electrons. The Morgan fingerprint density at radius 1 is 1.31 bits per heavy atom. The van der Waals surface area contributed by atoms with E-state index >= 15 is 0 Å². The number of amides is 1. The number of nitro groups is 1. The second-order valence-electron chi connectivity index (χ2n) is 5.03. The van der Waals surface area contributed by atoms with Gasteiger partial charge in [-0.3, -0.25) is 14.9 Å². The van der Waals surface area contributed by atoms with Gasteiger partial charge in [0, 0.05) is 23.6 Å². The summed E-state index contributed by atoms with van der Waals surface area (Å²) in [7, 11) is 1.32. The van der Waals surface area contributed by atoms with Crippen LogP contribution in [0.2, 0.25) is 0 Å². The summed E-state index contributed by atoms with van der Waals surface area (Å²) in [6.45, 7) is 0. The number of anilines is 3. The molecule has 0 atom stereocenters. The Labute approximate surface area is 148 Å². The molecule has 9 heteroatoms. The van der Waals surface area contributed by atoms with Crippen LogP contribution in [0, 0.1) is 21.4 Å². The van der Waals surface area contributed by atoms with E-state index in [1.54, 1.807) is 30.3 Å². The first-order chi connectivity index (χ1) is 12.4. The summed E-state index contributed by atoms with van der Waals surface area (Å²) >= 11 is 0. The molecule has 0 unspecified atom stereocenters. The van der Waals surface area contributed by atoms with Crippen molar-refractivity contribution in [3.8, 4) is 11.8 Å². The molecule has 26 heavy (non-hydrogen) atoms. The van der Waals surface area contributed by atoms with Gasteiger partial charge in [0.05, 0.1) is 23.8 Å². The van der Waals surface area contributed by atoms with Crippen LogP contribution >= 0.6 is 0 Å². The predicted molar refractivity (Wildman–Crippen MR) is 96.5 cm³/mol. The van der Waals surface area contributed by atoms with E-state index in [-0.39, 0.29) is 22.7 Å². The number of nitrogen functional groups attached to an aromatic ring is 1. The van der Waals surface area contributed by atoms with Gasteiger partial charge in [-0.15, -0.1) is 0 Å². The summed E-state index contributed by atoms with van der Waals surface area (Å²) in [4.78, 5) is 22.5. The minimum Gasteiger partial charge on any atom is -0.494 e. The quantitative estimate of drug-likeness (QED) is 0.238. The number of nitrogens with one attached hydrogen (secondary N) is 2. The summed E-state index contributed by atoms with van der Waals surface area (Å²) in [6.07, 6.45) is 1.25. The lowest BCUT2D eigenvalue weighted by atomic mass is 10.2. The number of carbonyl (C=O) groups excluding carboxylic acids is 1. The van der Waals surface area contributed by atoms with Crippen LogP contribution in [0.3, 0.4) is 0 Å². The zero-order chi connectivity index (χ0) is 19.1. The highest BCUT2D eigenvalue weighted by Crippen LogP contribution is 2.29. The van der Waals surface area contributed by atoms with Crippen LogP contribution < -0.4 is 21.1 Å². The minimum absolute atomic E-state index is 0.108. The number of nitro benzene ring substituents is 1. The SMILES string of the molecule is COc1cc([N+](=O)[O-])ccc1NC(=O)/C(C#N)=C\Nc1ccc(N)cc1. The molecule has 0 heterocycles. The molecule has 2 rings (SSSR count). The van der Waals surface area contributed by atoms with Gasteiger partial charge in [-0.1, -0.05) is 0 Å². The average Bonchev–Trinajstić information content (AvgIpc) is 2.63. The monoisotopic (exact) mass is 353 g/mol. The van der Waals surface area contributed by atoms with Gasteiger partial charge in [0.25, 0.3) is 11.6 Å². The molecule has 4 N–H and O–H groups in total. The third-order valence-electron chi connectivity index (χ3n) is 3.30. The molecule has 2 aromatic rings. The van der Waals surface area contributed by atoms with Gasteiger partial charge in [0.1, 0.15) is 17.4 Å². The molecule has 0 saturated heterocycles. The summed E-state index contributed by atoms with van der Waals surface area (Å²) in [6, 6.07) is 12.2. The Morgan fingerprint density at radius 2 is 2.00 bits per heavy atom. The largest absolute Gasteiger partial charge is 0.494 e. The molecule has 2 aromatic carbocycles. The van der Waals surface area contributed by atoms with E-state index in [2.05, 4.69) is 10.6 Å². The smallest absolute Gasteiger partial charge is 0.273 e. The molecular weight excluding hydrogens is 338 g/mol. The van der Waals surface area contributed by atoms with Crippen molar-refractivity contribution in [1.29, 1.82) is 5.26 Å². The van der Waals surface area contributed by atoms with Crippen molar-refractivity contribution in [1.82, 2.24) is 0 Å². The number of rotatable bonds is 6. The molecule has 0 spiro atoms. The Balaban J connectivity index is 2.16. The van der Waals surface area contributed by atoms with Crippen LogP contribution in [0.1, 0.15) is 0 Å². The van der Waals surface area contributed by atoms with Crippen LogP contribution in [-0.4, -0.2) is 17.9 Å². The van der Waals surface area contributed by atoms with Crippen molar-refractivity contribution in [3.05, 3.63) is 64.4 Å². The van der Waals surface area contributed by atoms with E-state index in [1.807, 2.05) is 0 Å². The lowest BCUT2D eigenvalue weighted by Gasteiger charge is -2.09. The van der Waals surface area contributed by atoms with Gasteiger partial charge in [0.15, 0.2) is 0 Å². The van der Waals surface area contributed by atoms with Gasteiger partial charge < -0.3 is 21.1 Å². The Bertz CT molecular complexity index is 900. The maximum absolute atomic E-state index is 12.3. The van der Waals surface area contributed by atoms with Crippen molar-refractivity contribution >= 4 is 28.7 Å². The van der Waals surface area contributed by atoms with Gasteiger partial charge >= 0.3 is 0 Å². The van der Waals surface area contributed by atoms with Crippen LogP contribution in [0.15, 0.2) is 54.2 Å². The van der Waals surface area contributed by atoms with Crippen molar-refractivity contribution < 1.29 is 14.5 Å². The van der Waals surface area contributed by atoms with Gasteiger partial charge in [0.2, 0.25) is 0 Å². The topological polar surface area (TPSA) is 143 Å². The number of methoxy groups -OCH3 is 1. The van der Waals surface area contributed by atoms with Crippen molar-refractivity contribution in [2.75, 3.05) is 23.5 Å². The number of nitrogens with two attached hydrogens (primary N) is 1. The lowest BCUT2D eigenvalue weighted by molar-refractivity contribution is -0.384. The molecule has 9 nitrogen and oxygen atoms in total. The second-order valence-corrected chi connectivity index (χ2v) is 5.03. The van der Waals surface area contributed by atoms with Gasteiger partial charge in [-0.25, -0.2) is 0 Å². The van der Waals surface area contributed by atoms with Crippen molar-refractivity contribution in [2.24, 2.45) is 0 Å². The number of nitriles is 1. The molecule has 0 aliphatic rings. The highest BCUT2D eigenvalue weighted by Gasteiger charge is 2.15.